The van der Waals surface area contributed by atoms with Gasteiger partial charge in [0, 0.05) is 18.8 Å². The number of nitrogens with zero attached hydrogens (tertiary/aromatic N) is 3. The largest absolute Gasteiger partial charge is 0.399 e. The minimum atomic E-state index is 0.797. The van der Waals surface area contributed by atoms with Crippen LogP contribution < -0.4 is 10.6 Å². The zero-order valence-electron chi connectivity index (χ0n) is 9.13. The molecule has 0 radical (unpaired) electrons. The lowest BCUT2D eigenvalue weighted by molar-refractivity contribution is 0.815. The molecule has 4 nitrogen and oxygen atoms in total. The fourth-order valence-electron chi connectivity index (χ4n) is 1.53. The van der Waals surface area contributed by atoms with Gasteiger partial charge in [0.25, 0.3) is 0 Å². The standard InChI is InChI=1S/C11H14N4S/c1-2-15(11-14-13-8-16-11)7-9-4-3-5-10(12)6-9/h3-6,8H,2,7,12H2,1H3. The number of nitrogen functional groups attached to an aromatic ring is 1. The van der Waals surface area contributed by atoms with E-state index >= 15 is 0 Å². The van der Waals surface area contributed by atoms with Gasteiger partial charge >= 0.3 is 0 Å². The summed E-state index contributed by atoms with van der Waals surface area (Å²) >= 11 is 1.55. The molecule has 2 N–H and O–H groups in total. The van der Waals surface area contributed by atoms with E-state index in [0.717, 1.165) is 23.9 Å². The molecule has 2 rings (SSSR count). The maximum atomic E-state index is 5.75. The van der Waals surface area contributed by atoms with Crippen LogP contribution in [0.4, 0.5) is 10.8 Å². The molecule has 0 saturated carbocycles. The van der Waals surface area contributed by atoms with Gasteiger partial charge in [-0.1, -0.05) is 23.5 Å². The van der Waals surface area contributed by atoms with Gasteiger partial charge in [0.15, 0.2) is 0 Å². The highest BCUT2D eigenvalue weighted by atomic mass is 32.1. The topological polar surface area (TPSA) is 55.0 Å². The third-order valence-electron chi connectivity index (χ3n) is 2.33. The molecule has 0 fully saturated rings. The summed E-state index contributed by atoms with van der Waals surface area (Å²) in [6.07, 6.45) is 0. The van der Waals surface area contributed by atoms with E-state index in [-0.39, 0.29) is 0 Å². The van der Waals surface area contributed by atoms with Crippen LogP contribution in [0.2, 0.25) is 0 Å². The molecular formula is C11H14N4S. The highest BCUT2D eigenvalue weighted by Gasteiger charge is 2.08. The van der Waals surface area contributed by atoms with Crippen LogP contribution in [0, 0.1) is 0 Å². The SMILES string of the molecule is CCN(Cc1cccc(N)c1)c1nncs1. The van der Waals surface area contributed by atoms with Crippen molar-refractivity contribution in [3.05, 3.63) is 35.3 Å². The van der Waals surface area contributed by atoms with Gasteiger partial charge in [-0.3, -0.25) is 0 Å². The van der Waals surface area contributed by atoms with Crippen molar-refractivity contribution in [3.63, 3.8) is 0 Å². The lowest BCUT2D eigenvalue weighted by Crippen LogP contribution is -2.21. The van der Waals surface area contributed by atoms with Gasteiger partial charge in [-0.25, -0.2) is 0 Å². The van der Waals surface area contributed by atoms with E-state index in [0.29, 0.717) is 0 Å². The normalized spacial score (nSPS) is 10.3. The Balaban J connectivity index is 2.13. The highest BCUT2D eigenvalue weighted by molar-refractivity contribution is 7.13. The summed E-state index contributed by atoms with van der Waals surface area (Å²) < 4.78 is 0. The van der Waals surface area contributed by atoms with Gasteiger partial charge in [-0.2, -0.15) is 0 Å². The van der Waals surface area contributed by atoms with Crippen LogP contribution in [0.3, 0.4) is 0 Å². The van der Waals surface area contributed by atoms with Crippen LogP contribution in [0.25, 0.3) is 0 Å². The van der Waals surface area contributed by atoms with Gasteiger partial charge in [0.1, 0.15) is 5.51 Å². The maximum Gasteiger partial charge on any atom is 0.208 e. The molecule has 0 spiro atoms. The fourth-order valence-corrected chi connectivity index (χ4v) is 2.16. The molecule has 84 valence electrons. The molecule has 0 bridgehead atoms. The van der Waals surface area contributed by atoms with Crippen LogP contribution in [0.1, 0.15) is 12.5 Å². The van der Waals surface area contributed by atoms with Crippen LogP contribution in [0.5, 0.6) is 0 Å². The Hall–Kier alpha value is -1.62. The number of anilines is 2. The van der Waals surface area contributed by atoms with Crippen molar-refractivity contribution in [1.29, 1.82) is 0 Å². The maximum absolute atomic E-state index is 5.75. The lowest BCUT2D eigenvalue weighted by Gasteiger charge is -2.19. The Morgan fingerprint density at radius 2 is 2.31 bits per heavy atom. The van der Waals surface area contributed by atoms with E-state index in [1.54, 1.807) is 16.8 Å². The second-order valence-corrected chi connectivity index (χ2v) is 4.29. The first kappa shape index (κ1) is 10.9. The van der Waals surface area contributed by atoms with Crippen LogP contribution in [0.15, 0.2) is 29.8 Å². The molecule has 1 aromatic heterocycles. The number of hydrogen-bond acceptors (Lipinski definition) is 5. The van der Waals surface area contributed by atoms with Gasteiger partial charge in [-0.15, -0.1) is 10.2 Å². The van der Waals surface area contributed by atoms with Crippen LogP contribution >= 0.6 is 11.3 Å². The van der Waals surface area contributed by atoms with E-state index < -0.39 is 0 Å². The second-order valence-electron chi connectivity index (χ2n) is 3.48. The first-order chi connectivity index (χ1) is 7.79. The van der Waals surface area contributed by atoms with Gasteiger partial charge < -0.3 is 10.6 Å². The first-order valence-corrected chi connectivity index (χ1v) is 6.03. The van der Waals surface area contributed by atoms with Crippen molar-refractivity contribution >= 4 is 22.2 Å². The molecule has 2 aromatic rings. The average Bonchev–Trinajstić information content (AvgIpc) is 2.79. The van der Waals surface area contributed by atoms with E-state index in [4.69, 9.17) is 5.73 Å². The van der Waals surface area contributed by atoms with Crippen molar-refractivity contribution in [3.8, 4) is 0 Å². The van der Waals surface area contributed by atoms with E-state index in [2.05, 4.69) is 28.1 Å². The zero-order valence-corrected chi connectivity index (χ0v) is 9.94. The minimum Gasteiger partial charge on any atom is -0.399 e. The number of benzene rings is 1. The predicted molar refractivity (Wildman–Crippen MR) is 67.5 cm³/mol. The van der Waals surface area contributed by atoms with Crippen molar-refractivity contribution in [1.82, 2.24) is 10.2 Å². The van der Waals surface area contributed by atoms with Crippen molar-refractivity contribution in [2.45, 2.75) is 13.5 Å². The Kier molecular flexibility index (Phi) is 3.36. The second kappa shape index (κ2) is 4.94. The summed E-state index contributed by atoms with van der Waals surface area (Å²) in [5.41, 5.74) is 9.49. The molecule has 0 aliphatic carbocycles. The van der Waals surface area contributed by atoms with Crippen LogP contribution in [-0.2, 0) is 6.54 Å². The monoisotopic (exact) mass is 234 g/mol. The van der Waals surface area contributed by atoms with E-state index in [9.17, 15) is 0 Å². The Morgan fingerprint density at radius 3 is 2.94 bits per heavy atom. The number of nitrogens with two attached hydrogens (primary N) is 1. The first-order valence-electron chi connectivity index (χ1n) is 5.15. The smallest absolute Gasteiger partial charge is 0.208 e. The molecule has 0 amide bonds. The molecule has 5 heteroatoms. The molecular weight excluding hydrogens is 220 g/mol. The van der Waals surface area contributed by atoms with Gasteiger partial charge in [0.05, 0.1) is 0 Å². The van der Waals surface area contributed by atoms with Crippen molar-refractivity contribution in [2.24, 2.45) is 0 Å². The highest BCUT2D eigenvalue weighted by Crippen LogP contribution is 2.18. The molecule has 1 aromatic carbocycles. The molecule has 0 aliphatic heterocycles. The molecule has 0 aliphatic rings. The minimum absolute atomic E-state index is 0.797. The lowest BCUT2D eigenvalue weighted by atomic mass is 10.2. The Morgan fingerprint density at radius 1 is 1.44 bits per heavy atom. The summed E-state index contributed by atoms with van der Waals surface area (Å²) in [4.78, 5) is 2.17. The van der Waals surface area contributed by atoms with E-state index in [1.807, 2.05) is 18.2 Å². The van der Waals surface area contributed by atoms with Crippen LogP contribution in [-0.4, -0.2) is 16.7 Å². The predicted octanol–water partition coefficient (Wildman–Crippen LogP) is 2.15. The zero-order chi connectivity index (χ0) is 11.4. The van der Waals surface area contributed by atoms with E-state index in [1.165, 1.54) is 5.56 Å². The molecule has 16 heavy (non-hydrogen) atoms. The van der Waals surface area contributed by atoms with Crippen molar-refractivity contribution in [2.75, 3.05) is 17.2 Å². The average molecular weight is 234 g/mol. The number of aromatic nitrogens is 2. The summed E-state index contributed by atoms with van der Waals surface area (Å²) in [5.74, 6) is 0. The van der Waals surface area contributed by atoms with Gasteiger partial charge in [0.2, 0.25) is 5.13 Å². The van der Waals surface area contributed by atoms with Crippen molar-refractivity contribution < 1.29 is 0 Å². The molecule has 0 atom stereocenters. The number of rotatable bonds is 4. The number of hydrogen-bond donors (Lipinski definition) is 1. The molecule has 0 unspecified atom stereocenters. The molecule has 1 heterocycles. The summed E-state index contributed by atoms with van der Waals surface area (Å²) in [6, 6.07) is 7.92. The third-order valence-corrected chi connectivity index (χ3v) is 3.08. The fraction of sp³-hybridized carbons (Fsp3) is 0.273. The summed E-state index contributed by atoms with van der Waals surface area (Å²) in [5, 5.41) is 8.87. The Bertz CT molecular complexity index is 441. The third kappa shape index (κ3) is 2.49. The van der Waals surface area contributed by atoms with Gasteiger partial charge in [-0.05, 0) is 24.6 Å². The summed E-state index contributed by atoms with van der Waals surface area (Å²) in [7, 11) is 0. The quantitative estimate of drug-likeness (QED) is 0.823. The summed E-state index contributed by atoms with van der Waals surface area (Å²) in [6.45, 7) is 3.83. The Labute approximate surface area is 98.7 Å². The molecule has 0 saturated heterocycles.